The molecule has 0 saturated carbocycles. The summed E-state index contributed by atoms with van der Waals surface area (Å²) in [6, 6.07) is 10.2. The minimum atomic E-state index is -0.652. The van der Waals surface area contributed by atoms with Crippen LogP contribution in [0.25, 0.3) is 11.3 Å². The highest BCUT2D eigenvalue weighted by Gasteiger charge is 2.25. The van der Waals surface area contributed by atoms with Crippen LogP contribution in [0.4, 0.5) is 0 Å². The summed E-state index contributed by atoms with van der Waals surface area (Å²) in [5, 5.41) is 4.05. The molecule has 29 heavy (non-hydrogen) atoms. The number of nitrogens with zero attached hydrogens (tertiary/aromatic N) is 2. The number of hydrogen-bond donors (Lipinski definition) is 1. The van der Waals surface area contributed by atoms with Crippen LogP contribution in [0.3, 0.4) is 0 Å². The molecule has 7 nitrogen and oxygen atoms in total. The summed E-state index contributed by atoms with van der Waals surface area (Å²) < 4.78 is 5.85. The van der Waals surface area contributed by atoms with Crippen LogP contribution < -0.4 is 10.1 Å². The molecule has 2 amide bonds. The van der Waals surface area contributed by atoms with Gasteiger partial charge in [0.2, 0.25) is 0 Å². The van der Waals surface area contributed by atoms with Crippen molar-refractivity contribution < 1.29 is 19.2 Å². The second-order valence-corrected chi connectivity index (χ2v) is 7.02. The van der Waals surface area contributed by atoms with Gasteiger partial charge in [-0.05, 0) is 25.0 Å². The molecule has 1 aromatic carbocycles. The Kier molecular flexibility index (Phi) is 7.19. The summed E-state index contributed by atoms with van der Waals surface area (Å²) >= 11 is 0. The first-order chi connectivity index (χ1) is 14.1. The van der Waals surface area contributed by atoms with E-state index in [4.69, 9.17) is 9.57 Å². The average Bonchev–Trinajstić information content (AvgIpc) is 2.76. The molecule has 1 N–H and O–H groups in total. The molecule has 0 aliphatic carbocycles. The molecule has 2 heterocycles. The van der Waals surface area contributed by atoms with Gasteiger partial charge in [0.25, 0.3) is 11.8 Å². The lowest BCUT2D eigenvalue weighted by molar-refractivity contribution is -0.171. The number of carbonyl (C=O) groups is 2. The van der Waals surface area contributed by atoms with Crippen LogP contribution in [-0.2, 0) is 9.63 Å². The van der Waals surface area contributed by atoms with E-state index in [0.29, 0.717) is 29.8 Å². The van der Waals surface area contributed by atoms with Gasteiger partial charge in [0.1, 0.15) is 11.8 Å². The van der Waals surface area contributed by atoms with Crippen molar-refractivity contribution in [2.45, 2.75) is 38.1 Å². The number of fused-ring (bicyclic) bond motifs is 4. The molecule has 0 unspecified atom stereocenters. The van der Waals surface area contributed by atoms with E-state index in [0.717, 1.165) is 36.5 Å². The number of aromatic nitrogens is 1. The average molecular weight is 397 g/mol. The maximum Gasteiger partial charge on any atom is 0.268 e. The highest BCUT2D eigenvalue weighted by Crippen LogP contribution is 2.25. The standard InChI is InChI=1S/C22H27N3O4/c1-25(28-2)22(27)19-11-5-3-4-8-14-29-16-12-13-23-20(15-16)17-9-6-7-10-18(17)21(26)24-19/h6-7,9-10,12-13,15,19H,3-5,8,11,14H2,1-2H3,(H,24,26)/t19-/m0/s1. The molecular weight excluding hydrogens is 370 g/mol. The number of carbonyl (C=O) groups excluding carboxylic acids is 2. The van der Waals surface area contributed by atoms with E-state index in [1.807, 2.05) is 24.3 Å². The number of amides is 2. The summed E-state index contributed by atoms with van der Waals surface area (Å²) in [4.78, 5) is 35.2. The van der Waals surface area contributed by atoms with Crippen LogP contribution >= 0.6 is 0 Å². The van der Waals surface area contributed by atoms with E-state index in [2.05, 4.69) is 10.3 Å². The Labute approximate surface area is 171 Å². The van der Waals surface area contributed by atoms with E-state index in [1.54, 1.807) is 25.4 Å². The van der Waals surface area contributed by atoms with Crippen molar-refractivity contribution in [3.05, 3.63) is 48.2 Å². The monoisotopic (exact) mass is 397 g/mol. The number of nitrogens with one attached hydrogen (secondary N) is 1. The first kappa shape index (κ1) is 20.8. The van der Waals surface area contributed by atoms with Crippen molar-refractivity contribution >= 4 is 11.8 Å². The smallest absolute Gasteiger partial charge is 0.268 e. The van der Waals surface area contributed by atoms with Crippen molar-refractivity contribution in [2.75, 3.05) is 20.8 Å². The Balaban J connectivity index is 1.95. The Hall–Kier alpha value is -2.93. The molecule has 1 aliphatic rings. The Morgan fingerprint density at radius 2 is 1.93 bits per heavy atom. The maximum absolute atomic E-state index is 13.1. The lowest BCUT2D eigenvalue weighted by atomic mass is 10.0. The molecule has 3 rings (SSSR count). The van der Waals surface area contributed by atoms with Crippen LogP contribution in [0.15, 0.2) is 42.6 Å². The SMILES string of the molecule is CON(C)C(=O)[C@@H]1CCCCCCOc2ccnc(c2)-c2ccccc2C(=O)N1. The highest BCUT2D eigenvalue weighted by molar-refractivity contribution is 6.02. The second-order valence-electron chi connectivity index (χ2n) is 7.02. The summed E-state index contributed by atoms with van der Waals surface area (Å²) in [6.45, 7) is 0.622. The minimum Gasteiger partial charge on any atom is -0.493 e. The number of benzene rings is 1. The van der Waals surface area contributed by atoms with Gasteiger partial charge in [-0.2, -0.15) is 0 Å². The highest BCUT2D eigenvalue weighted by atomic mass is 16.7. The van der Waals surface area contributed by atoms with Crippen LogP contribution in [-0.4, -0.2) is 48.7 Å². The van der Waals surface area contributed by atoms with Crippen molar-refractivity contribution in [1.29, 1.82) is 0 Å². The number of hydrogen-bond acceptors (Lipinski definition) is 5. The van der Waals surface area contributed by atoms with Crippen molar-refractivity contribution in [2.24, 2.45) is 0 Å². The molecule has 0 fully saturated rings. The molecule has 1 aliphatic heterocycles. The fourth-order valence-electron chi connectivity index (χ4n) is 3.35. The lowest BCUT2D eigenvalue weighted by Crippen LogP contribution is -2.47. The minimum absolute atomic E-state index is 0.272. The van der Waals surface area contributed by atoms with Gasteiger partial charge >= 0.3 is 0 Å². The molecule has 0 spiro atoms. The molecular formula is C22H27N3O4. The van der Waals surface area contributed by atoms with Crippen molar-refractivity contribution in [1.82, 2.24) is 15.4 Å². The van der Waals surface area contributed by atoms with Gasteiger partial charge in [-0.1, -0.05) is 37.5 Å². The topological polar surface area (TPSA) is 80.8 Å². The van der Waals surface area contributed by atoms with Crippen LogP contribution in [0.2, 0.25) is 0 Å². The van der Waals surface area contributed by atoms with Gasteiger partial charge in [0, 0.05) is 30.4 Å². The molecule has 1 atom stereocenters. The van der Waals surface area contributed by atoms with Gasteiger partial charge in [-0.25, -0.2) is 5.06 Å². The molecule has 1 aromatic heterocycles. The molecule has 0 radical (unpaired) electrons. The summed E-state index contributed by atoms with van der Waals surface area (Å²) in [7, 11) is 2.98. The predicted molar refractivity (Wildman–Crippen MR) is 109 cm³/mol. The summed E-state index contributed by atoms with van der Waals surface area (Å²) in [6.07, 6.45) is 5.93. The van der Waals surface area contributed by atoms with E-state index in [-0.39, 0.29) is 11.8 Å². The van der Waals surface area contributed by atoms with Gasteiger partial charge in [-0.3, -0.25) is 19.4 Å². The van der Waals surface area contributed by atoms with E-state index >= 15 is 0 Å². The fourth-order valence-corrected chi connectivity index (χ4v) is 3.35. The number of hydroxylamine groups is 2. The fraction of sp³-hybridized carbons (Fsp3) is 0.409. The van der Waals surface area contributed by atoms with Crippen LogP contribution in [0.5, 0.6) is 5.75 Å². The zero-order valence-electron chi connectivity index (χ0n) is 16.9. The van der Waals surface area contributed by atoms with E-state index in [1.165, 1.54) is 7.11 Å². The maximum atomic E-state index is 13.1. The van der Waals surface area contributed by atoms with Crippen molar-refractivity contribution in [3.63, 3.8) is 0 Å². The lowest BCUT2D eigenvalue weighted by Gasteiger charge is -2.23. The Morgan fingerprint density at radius 3 is 2.72 bits per heavy atom. The quantitative estimate of drug-likeness (QED) is 0.787. The first-order valence-electron chi connectivity index (χ1n) is 9.91. The molecule has 2 bridgehead atoms. The van der Waals surface area contributed by atoms with Gasteiger partial charge < -0.3 is 10.1 Å². The summed E-state index contributed by atoms with van der Waals surface area (Å²) in [5.41, 5.74) is 1.81. The van der Waals surface area contributed by atoms with Crippen LogP contribution in [0.1, 0.15) is 42.5 Å². The normalized spacial score (nSPS) is 17.7. The second kappa shape index (κ2) is 10.0. The van der Waals surface area contributed by atoms with Gasteiger partial charge in [0.15, 0.2) is 0 Å². The molecule has 0 saturated heterocycles. The third-order valence-electron chi connectivity index (χ3n) is 5.02. The Bertz CT molecular complexity index is 855. The predicted octanol–water partition coefficient (Wildman–Crippen LogP) is 3.21. The number of ether oxygens (including phenoxy) is 1. The third kappa shape index (κ3) is 5.32. The van der Waals surface area contributed by atoms with Crippen molar-refractivity contribution in [3.8, 4) is 17.0 Å². The number of rotatable bonds is 2. The van der Waals surface area contributed by atoms with Gasteiger partial charge in [-0.15, -0.1) is 0 Å². The third-order valence-corrected chi connectivity index (χ3v) is 5.02. The molecule has 7 heteroatoms. The molecule has 2 aromatic rings. The molecule has 154 valence electrons. The Morgan fingerprint density at radius 1 is 1.17 bits per heavy atom. The van der Waals surface area contributed by atoms with E-state index in [9.17, 15) is 9.59 Å². The number of likely N-dealkylation sites (N-methyl/N-ethyl adjacent to an activating group) is 1. The zero-order chi connectivity index (χ0) is 20.6. The number of pyridine rings is 1. The first-order valence-corrected chi connectivity index (χ1v) is 9.91. The summed E-state index contributed by atoms with van der Waals surface area (Å²) in [5.74, 6) is 0.146. The zero-order valence-corrected chi connectivity index (χ0v) is 16.9. The van der Waals surface area contributed by atoms with Crippen LogP contribution in [0, 0.1) is 0 Å². The van der Waals surface area contributed by atoms with Gasteiger partial charge in [0.05, 0.1) is 19.4 Å². The van der Waals surface area contributed by atoms with E-state index < -0.39 is 6.04 Å². The largest absolute Gasteiger partial charge is 0.493 e.